The van der Waals surface area contributed by atoms with Gasteiger partial charge in [-0.15, -0.1) is 0 Å². The molecule has 9 heteroatoms. The molecule has 0 unspecified atom stereocenters. The number of fused-ring (bicyclic) bond motifs is 1. The molecular weight excluding hydrogens is 412 g/mol. The lowest BCUT2D eigenvalue weighted by atomic mass is 9.97. The summed E-state index contributed by atoms with van der Waals surface area (Å²) in [5.74, 6) is 0.929. The first-order valence-corrected chi connectivity index (χ1v) is 12.0. The SMILES string of the molecule is Cc1nc(N[C@H](C)c2cccc(C(F)(F)F)c2C)c2cc(P(C)(C)=O)c(C)nc2n1. The average Bonchev–Trinajstić information content (AvgIpc) is 2.58. The van der Waals surface area contributed by atoms with Crippen LogP contribution < -0.4 is 10.6 Å². The van der Waals surface area contributed by atoms with E-state index in [0.717, 1.165) is 6.07 Å². The van der Waals surface area contributed by atoms with Crippen LogP contribution in [0.3, 0.4) is 0 Å². The van der Waals surface area contributed by atoms with E-state index >= 15 is 0 Å². The summed E-state index contributed by atoms with van der Waals surface area (Å²) < 4.78 is 52.6. The molecule has 160 valence electrons. The van der Waals surface area contributed by atoms with Crippen molar-refractivity contribution in [2.24, 2.45) is 0 Å². The number of anilines is 1. The summed E-state index contributed by atoms with van der Waals surface area (Å²) in [6.45, 7) is 10.1. The van der Waals surface area contributed by atoms with Crippen LogP contribution in [0.1, 0.15) is 41.2 Å². The Kier molecular flexibility index (Phi) is 5.67. The molecule has 3 rings (SSSR count). The van der Waals surface area contributed by atoms with E-state index in [0.29, 0.717) is 39.2 Å². The number of nitrogens with zero attached hydrogens (tertiary/aromatic N) is 3. The van der Waals surface area contributed by atoms with E-state index in [9.17, 15) is 17.7 Å². The summed E-state index contributed by atoms with van der Waals surface area (Å²) in [6.07, 6.45) is -4.42. The highest BCUT2D eigenvalue weighted by molar-refractivity contribution is 7.70. The zero-order valence-electron chi connectivity index (χ0n) is 17.7. The molecule has 3 aromatic rings. The van der Waals surface area contributed by atoms with Gasteiger partial charge >= 0.3 is 6.18 Å². The Balaban J connectivity index is 2.11. The minimum Gasteiger partial charge on any atom is -0.363 e. The number of benzene rings is 1. The molecule has 0 spiro atoms. The van der Waals surface area contributed by atoms with Crippen LogP contribution >= 0.6 is 7.14 Å². The van der Waals surface area contributed by atoms with E-state index in [-0.39, 0.29) is 5.56 Å². The quantitative estimate of drug-likeness (QED) is 0.556. The Labute approximate surface area is 173 Å². The third kappa shape index (κ3) is 4.33. The first-order chi connectivity index (χ1) is 13.8. The molecule has 0 saturated heterocycles. The summed E-state index contributed by atoms with van der Waals surface area (Å²) in [7, 11) is -2.59. The second-order valence-electron chi connectivity index (χ2n) is 7.82. The molecule has 2 heterocycles. The lowest BCUT2D eigenvalue weighted by molar-refractivity contribution is -0.138. The lowest BCUT2D eigenvalue weighted by Gasteiger charge is -2.21. The molecular formula is C21H24F3N4OP. The van der Waals surface area contributed by atoms with Gasteiger partial charge < -0.3 is 9.88 Å². The maximum absolute atomic E-state index is 13.3. The summed E-state index contributed by atoms with van der Waals surface area (Å²) in [5.41, 5.74) is 1.12. The van der Waals surface area contributed by atoms with Gasteiger partial charge in [0.15, 0.2) is 5.65 Å². The molecule has 1 atom stereocenters. The molecule has 0 fully saturated rings. The fourth-order valence-corrected chi connectivity index (χ4v) is 4.88. The fraction of sp³-hybridized carbons (Fsp3) is 0.381. The van der Waals surface area contributed by atoms with E-state index in [2.05, 4.69) is 20.3 Å². The van der Waals surface area contributed by atoms with Crippen molar-refractivity contribution in [1.82, 2.24) is 15.0 Å². The molecule has 0 radical (unpaired) electrons. The summed E-state index contributed by atoms with van der Waals surface area (Å²) in [6, 6.07) is 5.46. The second-order valence-corrected chi connectivity index (χ2v) is 11.0. The largest absolute Gasteiger partial charge is 0.416 e. The highest BCUT2D eigenvalue weighted by Crippen LogP contribution is 2.38. The first kappa shape index (κ1) is 22.2. The van der Waals surface area contributed by atoms with Crippen LogP contribution in [-0.4, -0.2) is 28.3 Å². The summed E-state index contributed by atoms with van der Waals surface area (Å²) in [4.78, 5) is 13.3. The molecule has 0 amide bonds. The number of aromatic nitrogens is 3. The van der Waals surface area contributed by atoms with Crippen molar-refractivity contribution in [2.45, 2.75) is 39.9 Å². The van der Waals surface area contributed by atoms with Crippen molar-refractivity contribution in [3.8, 4) is 0 Å². The smallest absolute Gasteiger partial charge is 0.363 e. The maximum atomic E-state index is 13.3. The Morgan fingerprint density at radius 2 is 1.73 bits per heavy atom. The Morgan fingerprint density at radius 3 is 2.33 bits per heavy atom. The molecule has 2 aromatic heterocycles. The fourth-order valence-electron chi connectivity index (χ4n) is 3.61. The molecule has 1 N–H and O–H groups in total. The van der Waals surface area contributed by atoms with Crippen LogP contribution in [-0.2, 0) is 10.7 Å². The zero-order valence-corrected chi connectivity index (χ0v) is 18.6. The van der Waals surface area contributed by atoms with Crippen LogP contribution in [0.25, 0.3) is 11.0 Å². The Hall–Kier alpha value is -2.47. The number of pyridine rings is 1. The van der Waals surface area contributed by atoms with Crippen LogP contribution in [0, 0.1) is 20.8 Å². The minimum absolute atomic E-state index is 0.168. The molecule has 5 nitrogen and oxygen atoms in total. The second kappa shape index (κ2) is 7.65. The standard InChI is InChI=1S/C21H24F3N4OP/c1-11-15(8-7-9-17(11)21(22,23)24)12(2)25-19-16-10-18(30(5,6)29)13(3)26-20(16)28-14(4)27-19/h7-10,12H,1-6H3,(H,25,26,27,28)/t12-/m1/s1. The van der Waals surface area contributed by atoms with E-state index in [4.69, 9.17) is 0 Å². The van der Waals surface area contributed by atoms with E-state index in [1.807, 2.05) is 0 Å². The number of alkyl halides is 3. The molecule has 0 bridgehead atoms. The van der Waals surface area contributed by atoms with Gasteiger partial charge in [0.05, 0.1) is 22.7 Å². The van der Waals surface area contributed by atoms with Crippen molar-refractivity contribution in [1.29, 1.82) is 0 Å². The van der Waals surface area contributed by atoms with Gasteiger partial charge in [0.25, 0.3) is 0 Å². The number of aryl methyl sites for hydroxylation is 2. The van der Waals surface area contributed by atoms with Gasteiger partial charge in [-0.05, 0) is 64.3 Å². The van der Waals surface area contributed by atoms with Gasteiger partial charge in [0.1, 0.15) is 18.8 Å². The van der Waals surface area contributed by atoms with Gasteiger partial charge in [0.2, 0.25) is 0 Å². The molecule has 0 saturated carbocycles. The normalized spacial score (nSPS) is 13.5. The van der Waals surface area contributed by atoms with Gasteiger partial charge in [-0.2, -0.15) is 13.2 Å². The monoisotopic (exact) mass is 436 g/mol. The zero-order chi connectivity index (χ0) is 22.4. The van der Waals surface area contributed by atoms with Crippen molar-refractivity contribution in [3.05, 3.63) is 52.5 Å². The van der Waals surface area contributed by atoms with E-state index < -0.39 is 24.9 Å². The van der Waals surface area contributed by atoms with Crippen LogP contribution in [0.4, 0.5) is 19.0 Å². The Morgan fingerprint density at radius 1 is 1.07 bits per heavy atom. The van der Waals surface area contributed by atoms with Gasteiger partial charge in [-0.25, -0.2) is 15.0 Å². The molecule has 30 heavy (non-hydrogen) atoms. The highest BCUT2D eigenvalue weighted by atomic mass is 31.2. The van der Waals surface area contributed by atoms with Crippen LogP contribution in [0.5, 0.6) is 0 Å². The number of rotatable bonds is 4. The first-order valence-electron chi connectivity index (χ1n) is 9.44. The minimum atomic E-state index is -4.42. The predicted molar refractivity (Wildman–Crippen MR) is 114 cm³/mol. The number of halogens is 3. The van der Waals surface area contributed by atoms with Crippen molar-refractivity contribution < 1.29 is 17.7 Å². The van der Waals surface area contributed by atoms with E-state index in [1.165, 1.54) is 13.0 Å². The van der Waals surface area contributed by atoms with Crippen LogP contribution in [0.2, 0.25) is 0 Å². The van der Waals surface area contributed by atoms with Gasteiger partial charge in [-0.3, -0.25) is 0 Å². The van der Waals surface area contributed by atoms with Crippen LogP contribution in [0.15, 0.2) is 24.3 Å². The number of nitrogens with one attached hydrogen (secondary N) is 1. The molecule has 1 aromatic carbocycles. The highest BCUT2D eigenvalue weighted by Gasteiger charge is 2.33. The third-order valence-corrected chi connectivity index (χ3v) is 6.66. The van der Waals surface area contributed by atoms with Crippen molar-refractivity contribution in [2.75, 3.05) is 18.6 Å². The topological polar surface area (TPSA) is 67.8 Å². The van der Waals surface area contributed by atoms with Crippen molar-refractivity contribution in [3.63, 3.8) is 0 Å². The molecule has 0 aliphatic rings. The number of hydrogen-bond donors (Lipinski definition) is 1. The maximum Gasteiger partial charge on any atom is 0.416 e. The molecule has 0 aliphatic carbocycles. The van der Waals surface area contributed by atoms with Gasteiger partial charge in [0, 0.05) is 5.30 Å². The van der Waals surface area contributed by atoms with E-state index in [1.54, 1.807) is 46.2 Å². The van der Waals surface area contributed by atoms with Gasteiger partial charge in [-0.1, -0.05) is 12.1 Å². The predicted octanol–water partition coefficient (Wildman–Crippen LogP) is 5.39. The third-order valence-electron chi connectivity index (χ3n) is 5.04. The average molecular weight is 436 g/mol. The Bertz CT molecular complexity index is 1170. The summed E-state index contributed by atoms with van der Waals surface area (Å²) in [5, 5.41) is 4.43. The lowest BCUT2D eigenvalue weighted by Crippen LogP contribution is -2.16. The number of hydrogen-bond acceptors (Lipinski definition) is 5. The van der Waals surface area contributed by atoms with Crippen molar-refractivity contribution >= 4 is 29.3 Å². The molecule has 0 aliphatic heterocycles. The summed E-state index contributed by atoms with van der Waals surface area (Å²) >= 11 is 0.